The molecule has 0 fully saturated rings. The topological polar surface area (TPSA) is 53.4 Å². The lowest BCUT2D eigenvalue weighted by atomic mass is 9.77. The van der Waals surface area contributed by atoms with Gasteiger partial charge in [0.25, 0.3) is 0 Å². The summed E-state index contributed by atoms with van der Waals surface area (Å²) in [6, 6.07) is 0. The largest absolute Gasteiger partial charge is 0.490 e. The predicted octanol–water partition coefficient (Wildman–Crippen LogP) is 0.268. The Labute approximate surface area is 102 Å². The lowest BCUT2D eigenvalue weighted by Crippen LogP contribution is -2.33. The minimum atomic E-state index is -3.76. The van der Waals surface area contributed by atoms with E-state index in [1.165, 1.54) is 0 Å². The van der Waals surface area contributed by atoms with Crippen molar-refractivity contribution < 1.29 is 26.5 Å². The van der Waals surface area contributed by atoms with Crippen LogP contribution >= 0.6 is 0 Å². The Balaban J connectivity index is 3.97. The van der Waals surface area contributed by atoms with Crippen LogP contribution in [0, 0.1) is 12.7 Å². The molecule has 0 aliphatic rings. The molecular formula is C10H16BNO2. The van der Waals surface area contributed by atoms with E-state index in [9.17, 15) is 10.0 Å². The maximum atomic E-state index is 9.35. The molecule has 2 N–H and O–H groups in total. The average Bonchev–Trinajstić information content (AvgIpc) is 2.41. The first-order chi connectivity index (χ1) is 11.3. The first-order valence-corrected chi connectivity index (χ1v) is 3.65. The molecule has 0 spiro atoms. The van der Waals surface area contributed by atoms with Crippen LogP contribution in [0.2, 0.25) is 0 Å². The maximum absolute atomic E-state index is 9.35. The number of hydrogen-bond donors (Lipinski definition) is 2. The van der Waals surface area contributed by atoms with Gasteiger partial charge in [0, 0.05) is 34.3 Å². The molecule has 0 atom stereocenters. The molecular weight excluding hydrogens is 177 g/mol. The van der Waals surface area contributed by atoms with Gasteiger partial charge >= 0.3 is 7.12 Å². The van der Waals surface area contributed by atoms with Gasteiger partial charge in [0.15, 0.2) is 0 Å². The molecule has 1 heterocycles. The third kappa shape index (κ3) is 2.56. The van der Waals surface area contributed by atoms with Crippen molar-refractivity contribution in [2.75, 3.05) is 0 Å². The van der Waals surface area contributed by atoms with Crippen LogP contribution in [0.3, 0.4) is 0 Å². The second kappa shape index (κ2) is 4.57. The minimum Gasteiger partial charge on any atom is -0.423 e. The van der Waals surface area contributed by atoms with E-state index in [1.807, 2.05) is 0 Å². The maximum Gasteiger partial charge on any atom is 0.490 e. The van der Waals surface area contributed by atoms with E-state index in [1.54, 1.807) is 0 Å². The van der Waals surface area contributed by atoms with Crippen molar-refractivity contribution in [3.63, 3.8) is 0 Å². The van der Waals surface area contributed by atoms with Gasteiger partial charge in [-0.15, -0.1) is 0 Å². The van der Waals surface area contributed by atoms with Gasteiger partial charge < -0.3 is 10.0 Å². The van der Waals surface area contributed by atoms with E-state index >= 15 is 0 Å². The fraction of sp³-hybridized carbons (Fsp3) is 0.500. The van der Waals surface area contributed by atoms with Crippen LogP contribution in [-0.4, -0.2) is 22.2 Å². The van der Waals surface area contributed by atoms with E-state index in [-0.39, 0.29) is 0 Å². The van der Waals surface area contributed by atoms with Gasteiger partial charge in [-0.3, -0.25) is 4.98 Å². The van der Waals surface area contributed by atoms with Crippen LogP contribution < -0.4 is 5.46 Å². The van der Waals surface area contributed by atoms with Gasteiger partial charge in [-0.25, -0.2) is 0 Å². The summed E-state index contributed by atoms with van der Waals surface area (Å²) in [7, 11) is -2.39. The van der Waals surface area contributed by atoms with Crippen molar-refractivity contribution >= 4 is 12.6 Å². The molecule has 0 bridgehead atoms. The van der Waals surface area contributed by atoms with Gasteiger partial charge in [-0.05, 0) is 30.2 Å². The molecule has 4 heteroatoms. The molecule has 0 aromatic carbocycles. The molecule has 0 aliphatic heterocycles. The molecule has 14 heavy (non-hydrogen) atoms. The van der Waals surface area contributed by atoms with Crippen LogP contribution in [0.15, 0.2) is 12.4 Å². The zero-order valence-electron chi connectivity index (χ0n) is 19.1. The van der Waals surface area contributed by atoms with Crippen molar-refractivity contribution in [2.24, 2.45) is 5.89 Å². The summed E-state index contributed by atoms with van der Waals surface area (Å²) in [5, 5.41) is 18.7. The first kappa shape index (κ1) is 3.06. The quantitative estimate of drug-likeness (QED) is 0.696. The highest BCUT2D eigenvalue weighted by Crippen LogP contribution is 2.10. The third-order valence-corrected chi connectivity index (χ3v) is 1.51. The first-order valence-electron chi connectivity index (χ1n) is 9.65. The van der Waals surface area contributed by atoms with Crippen LogP contribution in [0.25, 0.3) is 0 Å². The highest BCUT2D eigenvalue weighted by atomic mass is 16.4. The summed E-state index contributed by atoms with van der Waals surface area (Å²) in [4.78, 5) is 3.46. The summed E-state index contributed by atoms with van der Waals surface area (Å²) in [6.45, 7) is -10.5. The average molecular weight is 205 g/mol. The lowest BCUT2D eigenvalue weighted by Gasteiger charge is -2.11. The van der Waals surface area contributed by atoms with Gasteiger partial charge in [-0.2, -0.15) is 0 Å². The minimum absolute atomic E-state index is 0.578. The zero-order chi connectivity index (χ0) is 20.9. The second-order valence-electron chi connectivity index (χ2n) is 2.52. The zero-order valence-corrected chi connectivity index (χ0v) is 7.07. The summed E-state index contributed by atoms with van der Waals surface area (Å²) >= 11 is 0. The molecule has 0 aliphatic carbocycles. The molecule has 1 rings (SSSR count). The van der Waals surface area contributed by atoms with E-state index in [0.29, 0.717) is 6.20 Å². The lowest BCUT2D eigenvalue weighted by molar-refractivity contribution is 0.425. The molecule has 0 saturated carbocycles. The molecule has 1 aromatic heterocycles. The summed E-state index contributed by atoms with van der Waals surface area (Å²) in [6.07, 6.45) is -2.26. The Hall–Kier alpha value is -0.865. The van der Waals surface area contributed by atoms with Crippen LogP contribution in [0.4, 0.5) is 0 Å². The van der Waals surface area contributed by atoms with Crippen molar-refractivity contribution in [3.8, 4) is 0 Å². The Bertz CT molecular complexity index is 651. The smallest absolute Gasteiger partial charge is 0.423 e. The van der Waals surface area contributed by atoms with Gasteiger partial charge in [0.2, 0.25) is 0 Å². The molecule has 0 unspecified atom stereocenters. The van der Waals surface area contributed by atoms with Crippen LogP contribution in [-0.2, 0) is 6.37 Å². The Morgan fingerprint density at radius 3 is 3.00 bits per heavy atom. The summed E-state index contributed by atoms with van der Waals surface area (Å²) < 4.78 is 91.1. The normalized spacial score (nSPS) is 27.9. The number of aromatic nitrogens is 1. The molecule has 3 nitrogen and oxygen atoms in total. The highest BCUT2D eigenvalue weighted by molar-refractivity contribution is 6.59. The fourth-order valence-corrected chi connectivity index (χ4v) is 0.902. The number of pyridine rings is 1. The molecule has 0 radical (unpaired) electrons. The van der Waals surface area contributed by atoms with Crippen molar-refractivity contribution in [2.45, 2.75) is 26.9 Å². The predicted molar refractivity (Wildman–Crippen MR) is 57.3 cm³/mol. The van der Waals surface area contributed by atoms with Gasteiger partial charge in [0.05, 0.1) is 0 Å². The molecule has 1 aromatic rings. The van der Waals surface area contributed by atoms with Crippen molar-refractivity contribution in [1.82, 2.24) is 4.98 Å². The second-order valence-corrected chi connectivity index (χ2v) is 2.52. The third-order valence-electron chi connectivity index (χ3n) is 1.51. The van der Waals surface area contributed by atoms with E-state index in [0.717, 1.165) is 6.20 Å². The van der Waals surface area contributed by atoms with Gasteiger partial charge in [0.1, 0.15) is 0 Å². The molecule has 0 amide bonds. The van der Waals surface area contributed by atoms with Crippen molar-refractivity contribution in [3.05, 3.63) is 23.5 Å². The van der Waals surface area contributed by atoms with Crippen LogP contribution in [0.5, 0.6) is 0 Å². The summed E-state index contributed by atoms with van der Waals surface area (Å²) in [5.41, 5.74) is -2.78. The number of nitrogens with zero attached hydrogens (tertiary/aromatic N) is 1. The monoisotopic (exact) mass is 205 g/mol. The fourth-order valence-electron chi connectivity index (χ4n) is 0.902. The highest BCUT2D eigenvalue weighted by Gasteiger charge is 2.16. The SMILES string of the molecule is [2H]C([2H])([2H])c1c(B(O)O)cncc1C([2H])([2H])C([2H])(C([2H])([2H])[2H])C([2H])([2H])[2H]. The van der Waals surface area contributed by atoms with E-state index in [2.05, 4.69) is 4.98 Å². The van der Waals surface area contributed by atoms with Gasteiger partial charge in [-0.1, -0.05) is 13.7 Å². The van der Waals surface area contributed by atoms with Crippen molar-refractivity contribution in [1.29, 1.82) is 0 Å². The van der Waals surface area contributed by atoms with E-state index < -0.39 is 56.5 Å². The molecule has 0 saturated heterocycles. The number of hydrogen-bond acceptors (Lipinski definition) is 3. The standard InChI is InChI=1S/C10H16BNO2/c1-7(2)4-9-5-12-6-10(8(9)3)11(13)14/h5-7,13-14H,4H2,1-3H3/i1D3,2D3,3D3,4D2,7D. The van der Waals surface area contributed by atoms with E-state index in [4.69, 9.17) is 16.4 Å². The van der Waals surface area contributed by atoms with Crippen LogP contribution in [0.1, 0.15) is 41.3 Å². The Morgan fingerprint density at radius 2 is 2.43 bits per heavy atom. The Morgan fingerprint density at radius 1 is 1.64 bits per heavy atom. The molecule has 76 valence electrons. The summed E-state index contributed by atoms with van der Waals surface area (Å²) in [5.74, 6) is -3.76. The Kier molecular flexibility index (Phi) is 1.00. The number of rotatable bonds is 3.